The van der Waals surface area contributed by atoms with Gasteiger partial charge in [0.25, 0.3) is 0 Å². The summed E-state index contributed by atoms with van der Waals surface area (Å²) in [5.74, 6) is -0.490. The Morgan fingerprint density at radius 1 is 1.36 bits per heavy atom. The number of benzene rings is 1. The minimum absolute atomic E-state index is 0.0650. The van der Waals surface area contributed by atoms with E-state index in [0.29, 0.717) is 37.4 Å². The molecule has 3 rings (SSSR count). The van der Waals surface area contributed by atoms with Gasteiger partial charge in [0.1, 0.15) is 0 Å². The predicted octanol–water partition coefficient (Wildman–Crippen LogP) is 1.69. The first-order chi connectivity index (χ1) is 13.2. The van der Waals surface area contributed by atoms with Crippen molar-refractivity contribution >= 4 is 27.0 Å². The molecule has 0 radical (unpaired) electrons. The second-order valence-corrected chi connectivity index (χ2v) is 9.67. The quantitative estimate of drug-likeness (QED) is 0.782. The van der Waals surface area contributed by atoms with Gasteiger partial charge in [-0.15, -0.1) is 0 Å². The summed E-state index contributed by atoms with van der Waals surface area (Å²) in [5, 5.41) is 2.92. The Labute approximate surface area is 164 Å². The van der Waals surface area contributed by atoms with Crippen LogP contribution in [0.3, 0.4) is 0 Å². The van der Waals surface area contributed by atoms with Gasteiger partial charge in [-0.05, 0) is 37.3 Å². The zero-order valence-electron chi connectivity index (χ0n) is 16.5. The van der Waals surface area contributed by atoms with Crippen LogP contribution >= 0.6 is 0 Å². The molecule has 1 saturated heterocycles. The van der Waals surface area contributed by atoms with E-state index in [-0.39, 0.29) is 28.8 Å². The molecule has 8 nitrogen and oxygen atoms in total. The van der Waals surface area contributed by atoms with Crippen LogP contribution in [0.15, 0.2) is 32.3 Å². The first-order valence-electron chi connectivity index (χ1n) is 9.57. The fourth-order valence-corrected chi connectivity index (χ4v) is 4.97. The van der Waals surface area contributed by atoms with E-state index in [1.807, 2.05) is 0 Å². The number of nitrogens with one attached hydrogen (secondary N) is 1. The van der Waals surface area contributed by atoms with Crippen molar-refractivity contribution in [3.05, 3.63) is 28.7 Å². The van der Waals surface area contributed by atoms with Gasteiger partial charge in [0, 0.05) is 32.7 Å². The minimum atomic E-state index is -3.78. The Bertz CT molecular complexity index is 1020. The van der Waals surface area contributed by atoms with Crippen molar-refractivity contribution in [3.8, 4) is 0 Å². The zero-order chi connectivity index (χ0) is 20.5. The van der Waals surface area contributed by atoms with E-state index in [2.05, 4.69) is 19.2 Å². The van der Waals surface area contributed by atoms with Crippen molar-refractivity contribution in [2.45, 2.75) is 38.0 Å². The lowest BCUT2D eigenvalue weighted by Gasteiger charge is -2.31. The Hall–Kier alpha value is -2.13. The summed E-state index contributed by atoms with van der Waals surface area (Å²) < 4.78 is 33.9. The van der Waals surface area contributed by atoms with E-state index in [4.69, 9.17) is 4.42 Å². The number of carbonyl (C=O) groups excluding carboxylic acids is 1. The molecule has 1 fully saturated rings. The molecule has 0 spiro atoms. The summed E-state index contributed by atoms with van der Waals surface area (Å²) in [6, 6.07) is 4.41. The summed E-state index contributed by atoms with van der Waals surface area (Å²) in [7, 11) is -2.21. The number of rotatable bonds is 6. The third-order valence-electron chi connectivity index (χ3n) is 5.18. The number of amides is 1. The molecular weight excluding hydrogens is 382 g/mol. The molecule has 9 heteroatoms. The largest absolute Gasteiger partial charge is 0.419 e. The molecule has 1 N–H and O–H groups in total. The molecule has 1 aliphatic rings. The maximum atomic E-state index is 13.1. The first kappa shape index (κ1) is 20.6. The van der Waals surface area contributed by atoms with Crippen LogP contribution in [0.4, 0.5) is 0 Å². The van der Waals surface area contributed by atoms with Gasteiger partial charge < -0.3 is 9.73 Å². The lowest BCUT2D eigenvalue weighted by molar-refractivity contribution is -0.126. The van der Waals surface area contributed by atoms with E-state index in [0.717, 1.165) is 6.42 Å². The molecule has 1 atom stereocenters. The van der Waals surface area contributed by atoms with Gasteiger partial charge in [-0.3, -0.25) is 9.36 Å². The monoisotopic (exact) mass is 409 g/mol. The molecule has 0 bridgehead atoms. The average molecular weight is 410 g/mol. The number of sulfonamides is 1. The Kier molecular flexibility index (Phi) is 5.95. The molecule has 1 aromatic heterocycles. The van der Waals surface area contributed by atoms with Crippen molar-refractivity contribution in [3.63, 3.8) is 0 Å². The normalized spacial score (nSPS) is 18.6. The van der Waals surface area contributed by atoms with Crippen LogP contribution in [0.1, 0.15) is 33.1 Å². The maximum absolute atomic E-state index is 13.1. The average Bonchev–Trinajstić information content (AvgIpc) is 2.95. The fourth-order valence-electron chi connectivity index (χ4n) is 3.43. The molecule has 1 aromatic carbocycles. The van der Waals surface area contributed by atoms with Crippen LogP contribution in [0.25, 0.3) is 11.1 Å². The van der Waals surface area contributed by atoms with Crippen molar-refractivity contribution in [2.75, 3.05) is 19.6 Å². The lowest BCUT2D eigenvalue weighted by atomic mass is 9.98. The molecule has 2 heterocycles. The summed E-state index contributed by atoms with van der Waals surface area (Å²) >= 11 is 0. The summed E-state index contributed by atoms with van der Waals surface area (Å²) in [6.07, 6.45) is 2.19. The fraction of sp³-hybridized carbons (Fsp3) is 0.579. The molecule has 0 aliphatic carbocycles. The molecule has 0 unspecified atom stereocenters. The lowest BCUT2D eigenvalue weighted by Crippen LogP contribution is -2.45. The van der Waals surface area contributed by atoms with E-state index in [1.54, 1.807) is 13.1 Å². The molecule has 28 heavy (non-hydrogen) atoms. The highest BCUT2D eigenvalue weighted by molar-refractivity contribution is 7.89. The maximum Gasteiger partial charge on any atom is 0.419 e. The van der Waals surface area contributed by atoms with E-state index < -0.39 is 15.8 Å². The topological polar surface area (TPSA) is 102 Å². The molecule has 0 saturated carbocycles. The van der Waals surface area contributed by atoms with Crippen molar-refractivity contribution < 1.29 is 17.6 Å². The van der Waals surface area contributed by atoms with Gasteiger partial charge in [-0.1, -0.05) is 13.8 Å². The summed E-state index contributed by atoms with van der Waals surface area (Å²) in [5.41, 5.74) is 0.763. The van der Waals surface area contributed by atoms with Crippen LogP contribution in [-0.4, -0.2) is 42.8 Å². The van der Waals surface area contributed by atoms with Gasteiger partial charge in [0.2, 0.25) is 15.9 Å². The van der Waals surface area contributed by atoms with Crippen LogP contribution in [0.2, 0.25) is 0 Å². The van der Waals surface area contributed by atoms with Gasteiger partial charge in [0.05, 0.1) is 16.3 Å². The van der Waals surface area contributed by atoms with E-state index in [9.17, 15) is 18.0 Å². The number of hydrogen-bond donors (Lipinski definition) is 1. The van der Waals surface area contributed by atoms with Crippen molar-refractivity contribution in [1.82, 2.24) is 14.2 Å². The SMILES string of the molecule is CC(C)CCNC(=O)[C@H]1CCCN(S(=O)(=O)c2ccc3c(c2)oc(=O)n3C)C1. The van der Waals surface area contributed by atoms with Gasteiger partial charge >= 0.3 is 5.76 Å². The highest BCUT2D eigenvalue weighted by Crippen LogP contribution is 2.26. The standard InChI is InChI=1S/C19H27N3O5S/c1-13(2)8-9-20-18(23)14-5-4-10-22(12-14)28(25,26)15-6-7-16-17(11-15)27-19(24)21(16)3/h6-7,11,13-14H,4-5,8-10,12H2,1-3H3,(H,20,23)/t14-/m0/s1. The second kappa shape index (κ2) is 8.08. The van der Waals surface area contributed by atoms with Crippen LogP contribution in [0, 0.1) is 11.8 Å². The third-order valence-corrected chi connectivity index (χ3v) is 7.04. The third kappa shape index (κ3) is 4.15. The Morgan fingerprint density at radius 2 is 2.11 bits per heavy atom. The van der Waals surface area contributed by atoms with Crippen LogP contribution < -0.4 is 11.1 Å². The van der Waals surface area contributed by atoms with Gasteiger partial charge in [-0.25, -0.2) is 13.2 Å². The highest BCUT2D eigenvalue weighted by Gasteiger charge is 2.33. The van der Waals surface area contributed by atoms with Crippen LogP contribution in [-0.2, 0) is 21.9 Å². The number of aromatic nitrogens is 1. The molecule has 1 aliphatic heterocycles. The summed E-state index contributed by atoms with van der Waals surface area (Å²) in [4.78, 5) is 24.1. The Balaban J connectivity index is 1.76. The molecule has 1 amide bonds. The van der Waals surface area contributed by atoms with Crippen LogP contribution in [0.5, 0.6) is 0 Å². The Morgan fingerprint density at radius 3 is 2.82 bits per heavy atom. The van der Waals surface area contributed by atoms with E-state index in [1.165, 1.54) is 21.0 Å². The molecule has 154 valence electrons. The minimum Gasteiger partial charge on any atom is -0.408 e. The van der Waals surface area contributed by atoms with Crippen molar-refractivity contribution in [2.24, 2.45) is 18.9 Å². The second-order valence-electron chi connectivity index (χ2n) is 7.73. The first-order valence-corrected chi connectivity index (χ1v) is 11.0. The number of piperidine rings is 1. The summed E-state index contributed by atoms with van der Waals surface area (Å²) in [6.45, 7) is 5.31. The smallest absolute Gasteiger partial charge is 0.408 e. The number of hydrogen-bond acceptors (Lipinski definition) is 5. The van der Waals surface area contributed by atoms with Crippen molar-refractivity contribution in [1.29, 1.82) is 0 Å². The number of oxazole rings is 1. The number of aryl methyl sites for hydroxylation is 1. The number of carbonyl (C=O) groups is 1. The van der Waals surface area contributed by atoms with Gasteiger partial charge in [0.15, 0.2) is 5.58 Å². The predicted molar refractivity (Wildman–Crippen MR) is 105 cm³/mol. The zero-order valence-corrected chi connectivity index (χ0v) is 17.3. The van der Waals surface area contributed by atoms with E-state index >= 15 is 0 Å². The number of nitrogens with zero attached hydrogens (tertiary/aromatic N) is 2. The highest BCUT2D eigenvalue weighted by atomic mass is 32.2. The van der Waals surface area contributed by atoms with Gasteiger partial charge in [-0.2, -0.15) is 4.31 Å². The number of fused-ring (bicyclic) bond motifs is 1. The molecule has 2 aromatic rings. The molecular formula is C19H27N3O5S.